The molecule has 0 aromatic rings. The maximum atomic E-state index is 11.8. The van der Waals surface area contributed by atoms with E-state index in [2.05, 4.69) is 5.43 Å². The lowest BCUT2D eigenvalue weighted by atomic mass is 9.88. The van der Waals surface area contributed by atoms with Crippen LogP contribution in [0.4, 0.5) is 4.79 Å². The van der Waals surface area contributed by atoms with Gasteiger partial charge in [0.1, 0.15) is 5.54 Å². The van der Waals surface area contributed by atoms with Crippen LogP contribution < -0.4 is 11.3 Å². The van der Waals surface area contributed by atoms with Crippen LogP contribution in [0.2, 0.25) is 0 Å². The van der Waals surface area contributed by atoms with Crippen LogP contribution in [-0.4, -0.2) is 49.3 Å². The third-order valence-electron chi connectivity index (χ3n) is 3.87. The Labute approximate surface area is 136 Å². The molecule has 1 saturated carbocycles. The second-order valence-corrected chi connectivity index (χ2v) is 5.23. The van der Waals surface area contributed by atoms with Crippen molar-refractivity contribution < 1.29 is 19.1 Å². The highest BCUT2D eigenvalue weighted by molar-refractivity contribution is 5.85. The van der Waals surface area contributed by atoms with Gasteiger partial charge in [0, 0.05) is 13.1 Å². The number of likely N-dealkylation sites (tertiary alicyclic amines) is 1. The van der Waals surface area contributed by atoms with Gasteiger partial charge in [0.25, 0.3) is 0 Å². The molecule has 0 radical (unpaired) electrons. The fraction of sp³-hybridized carbons (Fsp3) is 0.833. The summed E-state index contributed by atoms with van der Waals surface area (Å²) in [6.07, 6.45) is 2.84. The molecule has 2 rings (SSSR count). The molecule has 3 N–H and O–H groups in total. The highest BCUT2D eigenvalue weighted by Crippen LogP contribution is 2.29. The van der Waals surface area contributed by atoms with Crippen LogP contribution >= 0.6 is 24.8 Å². The van der Waals surface area contributed by atoms with Gasteiger partial charge in [-0.25, -0.2) is 10.2 Å². The molecule has 1 heterocycles. The van der Waals surface area contributed by atoms with E-state index in [1.165, 1.54) is 7.11 Å². The fourth-order valence-corrected chi connectivity index (χ4v) is 2.24. The first kappa shape index (κ1) is 20.2. The number of methoxy groups -OCH3 is 1. The highest BCUT2D eigenvalue weighted by Gasteiger charge is 2.43. The Kier molecular flexibility index (Phi) is 8.31. The third kappa shape index (κ3) is 4.88. The quantitative estimate of drug-likeness (QED) is 0.446. The summed E-state index contributed by atoms with van der Waals surface area (Å²) in [6, 6.07) is 0. The summed E-state index contributed by atoms with van der Waals surface area (Å²) >= 11 is 0. The lowest BCUT2D eigenvalue weighted by molar-refractivity contribution is -0.150. The monoisotopic (exact) mass is 343 g/mol. The molecule has 0 aromatic heterocycles. The first-order chi connectivity index (χ1) is 9.11. The number of hydrogen-bond acceptors (Lipinski definition) is 6. The molecule has 7 nitrogen and oxygen atoms in total. The Morgan fingerprint density at radius 1 is 1.29 bits per heavy atom. The molecule has 0 atom stereocenters. The lowest BCUT2D eigenvalue weighted by Gasteiger charge is -2.38. The normalized spacial score (nSPS) is 19.8. The van der Waals surface area contributed by atoms with E-state index in [0.717, 1.165) is 12.8 Å². The minimum Gasteiger partial charge on any atom is -0.468 e. The Morgan fingerprint density at radius 3 is 2.29 bits per heavy atom. The number of hydrazine groups is 1. The molecule has 1 saturated heterocycles. The Balaban J connectivity index is 0.00000200. The number of halogens is 2. The van der Waals surface area contributed by atoms with Crippen molar-refractivity contribution in [3.05, 3.63) is 0 Å². The maximum Gasteiger partial charge on any atom is 0.409 e. The van der Waals surface area contributed by atoms with Gasteiger partial charge in [-0.15, -0.1) is 24.8 Å². The van der Waals surface area contributed by atoms with Crippen molar-refractivity contribution in [3.63, 3.8) is 0 Å². The zero-order chi connectivity index (χ0) is 13.9. The summed E-state index contributed by atoms with van der Waals surface area (Å²) in [5, 5.41) is 0. The Bertz CT molecular complexity index is 358. The first-order valence-electron chi connectivity index (χ1n) is 6.59. The standard InChI is InChI=1S/C12H21N3O4.2ClH/c1-18-10(16)12(14-13)4-6-15(7-5-12)11(17)19-8-9-2-3-9;;/h9,14H,2-8,13H2,1H3;2*1H. The van der Waals surface area contributed by atoms with Crippen molar-refractivity contribution in [1.82, 2.24) is 10.3 Å². The molecule has 1 amide bonds. The molecule has 1 aliphatic carbocycles. The van der Waals surface area contributed by atoms with Crippen molar-refractivity contribution in [3.8, 4) is 0 Å². The van der Waals surface area contributed by atoms with Crippen LogP contribution in [-0.2, 0) is 14.3 Å². The van der Waals surface area contributed by atoms with E-state index in [1.54, 1.807) is 4.90 Å². The summed E-state index contributed by atoms with van der Waals surface area (Å²) in [5.74, 6) is 5.62. The smallest absolute Gasteiger partial charge is 0.409 e. The molecular formula is C12H23Cl2N3O4. The number of piperidine rings is 1. The van der Waals surface area contributed by atoms with Gasteiger partial charge < -0.3 is 14.4 Å². The summed E-state index contributed by atoms with van der Waals surface area (Å²) in [6.45, 7) is 1.37. The van der Waals surface area contributed by atoms with E-state index in [4.69, 9.17) is 15.3 Å². The van der Waals surface area contributed by atoms with E-state index in [0.29, 0.717) is 38.5 Å². The van der Waals surface area contributed by atoms with Gasteiger partial charge in [-0.3, -0.25) is 10.6 Å². The fourth-order valence-electron chi connectivity index (χ4n) is 2.24. The zero-order valence-electron chi connectivity index (χ0n) is 12.0. The van der Waals surface area contributed by atoms with Gasteiger partial charge in [0.2, 0.25) is 0 Å². The molecule has 0 bridgehead atoms. The summed E-state index contributed by atoms with van der Waals surface area (Å²) in [5.41, 5.74) is 1.65. The van der Waals surface area contributed by atoms with Crippen LogP contribution in [0.25, 0.3) is 0 Å². The van der Waals surface area contributed by atoms with Crippen molar-refractivity contribution in [2.24, 2.45) is 11.8 Å². The largest absolute Gasteiger partial charge is 0.468 e. The average molecular weight is 344 g/mol. The summed E-state index contributed by atoms with van der Waals surface area (Å²) in [7, 11) is 1.33. The number of carbonyl (C=O) groups excluding carboxylic acids is 2. The molecule has 0 aromatic carbocycles. The number of rotatable bonds is 4. The van der Waals surface area contributed by atoms with Crippen molar-refractivity contribution in [1.29, 1.82) is 0 Å². The van der Waals surface area contributed by atoms with Crippen molar-refractivity contribution in [2.45, 2.75) is 31.2 Å². The first-order valence-corrected chi connectivity index (χ1v) is 6.59. The Morgan fingerprint density at radius 2 is 1.86 bits per heavy atom. The summed E-state index contributed by atoms with van der Waals surface area (Å²) in [4.78, 5) is 25.1. The molecule has 2 aliphatic rings. The molecule has 124 valence electrons. The molecule has 0 spiro atoms. The lowest BCUT2D eigenvalue weighted by Crippen LogP contribution is -2.61. The van der Waals surface area contributed by atoms with Gasteiger partial charge in [-0.05, 0) is 31.6 Å². The van der Waals surface area contributed by atoms with Crippen molar-refractivity contribution >= 4 is 36.9 Å². The number of nitrogens with two attached hydrogens (primary N) is 1. The van der Waals surface area contributed by atoms with Gasteiger partial charge in [0.15, 0.2) is 0 Å². The predicted octanol–water partition coefficient (Wildman–Crippen LogP) is 0.847. The van der Waals surface area contributed by atoms with E-state index in [1.807, 2.05) is 0 Å². The number of esters is 1. The zero-order valence-corrected chi connectivity index (χ0v) is 13.6. The number of nitrogens with zero attached hydrogens (tertiary/aromatic N) is 1. The van der Waals surface area contributed by atoms with Crippen LogP contribution in [0.15, 0.2) is 0 Å². The van der Waals surface area contributed by atoms with Gasteiger partial charge >= 0.3 is 12.1 Å². The molecule has 0 unspecified atom stereocenters. The molecule has 2 fully saturated rings. The second kappa shape index (κ2) is 8.63. The second-order valence-electron chi connectivity index (χ2n) is 5.23. The van der Waals surface area contributed by atoms with Gasteiger partial charge in [-0.2, -0.15) is 0 Å². The SMILES string of the molecule is COC(=O)C1(NN)CCN(C(=O)OCC2CC2)CC1.Cl.Cl. The maximum absolute atomic E-state index is 11.8. The average Bonchev–Trinajstić information content (AvgIpc) is 3.28. The number of ether oxygens (including phenoxy) is 2. The number of nitrogens with one attached hydrogen (secondary N) is 1. The summed E-state index contributed by atoms with van der Waals surface area (Å²) < 4.78 is 9.96. The predicted molar refractivity (Wildman–Crippen MR) is 81.4 cm³/mol. The van der Waals surface area contributed by atoms with Crippen LogP contribution in [0.3, 0.4) is 0 Å². The van der Waals surface area contributed by atoms with Crippen LogP contribution in [0.5, 0.6) is 0 Å². The van der Waals surface area contributed by atoms with Gasteiger partial charge in [0.05, 0.1) is 13.7 Å². The molecule has 9 heteroatoms. The van der Waals surface area contributed by atoms with Crippen LogP contribution in [0.1, 0.15) is 25.7 Å². The third-order valence-corrected chi connectivity index (χ3v) is 3.87. The van der Waals surface area contributed by atoms with E-state index >= 15 is 0 Å². The van der Waals surface area contributed by atoms with E-state index in [9.17, 15) is 9.59 Å². The van der Waals surface area contributed by atoms with Crippen LogP contribution in [0, 0.1) is 5.92 Å². The van der Waals surface area contributed by atoms with E-state index < -0.39 is 5.54 Å². The van der Waals surface area contributed by atoms with E-state index in [-0.39, 0.29) is 36.9 Å². The molecule has 21 heavy (non-hydrogen) atoms. The Hall–Kier alpha value is -0.760. The minimum atomic E-state index is -0.887. The molecule has 1 aliphatic heterocycles. The number of carbonyl (C=O) groups is 2. The van der Waals surface area contributed by atoms with Crippen molar-refractivity contribution in [2.75, 3.05) is 26.8 Å². The minimum absolute atomic E-state index is 0. The number of hydrogen-bond donors (Lipinski definition) is 2. The topological polar surface area (TPSA) is 93.9 Å². The van der Waals surface area contributed by atoms with Gasteiger partial charge in [-0.1, -0.05) is 0 Å². The molecular weight excluding hydrogens is 321 g/mol. The highest BCUT2D eigenvalue weighted by atomic mass is 35.5. The number of amides is 1.